The molecule has 3 N–H and O–H groups in total. The van der Waals surface area contributed by atoms with Gasteiger partial charge in [0.2, 0.25) is 0 Å². The van der Waals surface area contributed by atoms with E-state index in [0.717, 1.165) is 28.3 Å². The summed E-state index contributed by atoms with van der Waals surface area (Å²) in [5.74, 6) is -0.0931. The van der Waals surface area contributed by atoms with E-state index in [2.05, 4.69) is 5.32 Å². The van der Waals surface area contributed by atoms with E-state index in [1.165, 1.54) is 6.92 Å². The zero-order valence-corrected chi connectivity index (χ0v) is 21.9. The molecular formula is C24H23BF3KN2O2. The van der Waals surface area contributed by atoms with E-state index in [1.807, 2.05) is 48.5 Å². The zero-order chi connectivity index (χ0) is 23.0. The first-order chi connectivity index (χ1) is 15.2. The van der Waals surface area contributed by atoms with E-state index in [1.54, 1.807) is 6.92 Å². The molecule has 1 aliphatic rings. The van der Waals surface area contributed by atoms with Crippen molar-refractivity contribution in [3.05, 3.63) is 82.4 Å². The van der Waals surface area contributed by atoms with Crippen LogP contribution in [0.3, 0.4) is 0 Å². The number of nitrogens with one attached hydrogen (secondary N) is 1. The summed E-state index contributed by atoms with van der Waals surface area (Å²) < 4.78 is 45.6. The van der Waals surface area contributed by atoms with Gasteiger partial charge < -0.3 is 28.7 Å². The molecule has 0 unspecified atom stereocenters. The topological polar surface area (TPSA) is 64.3 Å². The Morgan fingerprint density at radius 2 is 1.55 bits per heavy atom. The smallest absolute Gasteiger partial charge is 0.449 e. The molecular weight excluding hydrogens is 455 g/mol. The SMILES string of the molecule is Cc1c(CNC(=O)OCC2c3ccccc3-c3ccccc32)cc([B-](F)(F)F)c(C)c1N.[K+]. The number of halogens is 3. The Hall–Kier alpha value is -1.78. The third-order valence-electron chi connectivity index (χ3n) is 6.17. The number of carbonyl (C=O) groups excluding carboxylic acids is 1. The number of hydrogen-bond acceptors (Lipinski definition) is 3. The van der Waals surface area contributed by atoms with E-state index in [4.69, 9.17) is 10.5 Å². The summed E-state index contributed by atoms with van der Waals surface area (Å²) in [4.78, 5) is 12.4. The minimum atomic E-state index is -5.21. The van der Waals surface area contributed by atoms with Gasteiger partial charge in [0.05, 0.1) is 0 Å². The summed E-state index contributed by atoms with van der Waals surface area (Å²) in [5.41, 5.74) is 10.5. The molecule has 0 atom stereocenters. The predicted octanol–water partition coefficient (Wildman–Crippen LogP) is 1.98. The quantitative estimate of drug-likeness (QED) is 0.436. The van der Waals surface area contributed by atoms with Gasteiger partial charge in [-0.3, -0.25) is 0 Å². The van der Waals surface area contributed by atoms with E-state index >= 15 is 0 Å². The second-order valence-corrected chi connectivity index (χ2v) is 8.04. The van der Waals surface area contributed by atoms with Gasteiger partial charge in [0.15, 0.2) is 0 Å². The minimum absolute atomic E-state index is 0. The second kappa shape index (κ2) is 10.2. The van der Waals surface area contributed by atoms with Crippen LogP contribution in [0.15, 0.2) is 54.6 Å². The van der Waals surface area contributed by atoms with Crippen LogP contribution in [0.5, 0.6) is 0 Å². The molecule has 0 radical (unpaired) electrons. The Morgan fingerprint density at radius 1 is 1.00 bits per heavy atom. The molecule has 0 bridgehead atoms. The third-order valence-corrected chi connectivity index (χ3v) is 6.17. The Bertz CT molecular complexity index is 1160. The van der Waals surface area contributed by atoms with Crippen LogP contribution < -0.4 is 67.9 Å². The predicted molar refractivity (Wildman–Crippen MR) is 121 cm³/mol. The number of hydrogen-bond donors (Lipinski definition) is 2. The maximum Gasteiger partial charge on any atom is 1.00 e. The number of nitrogens with two attached hydrogens (primary N) is 1. The molecule has 3 aromatic carbocycles. The molecule has 0 spiro atoms. The van der Waals surface area contributed by atoms with Crippen LogP contribution in [0.25, 0.3) is 11.1 Å². The molecule has 1 amide bonds. The Kier molecular flexibility index (Phi) is 8.01. The largest absolute Gasteiger partial charge is 1.00 e. The maximum atomic E-state index is 13.4. The van der Waals surface area contributed by atoms with Crippen LogP contribution in [-0.4, -0.2) is 19.7 Å². The van der Waals surface area contributed by atoms with Gasteiger partial charge in [0, 0.05) is 18.2 Å². The van der Waals surface area contributed by atoms with Gasteiger partial charge in [-0.1, -0.05) is 60.2 Å². The molecule has 33 heavy (non-hydrogen) atoms. The number of anilines is 1. The second-order valence-electron chi connectivity index (χ2n) is 8.04. The summed E-state index contributed by atoms with van der Waals surface area (Å²) in [6.45, 7) is -2.18. The minimum Gasteiger partial charge on any atom is -0.449 e. The van der Waals surface area contributed by atoms with Crippen molar-refractivity contribution in [3.63, 3.8) is 0 Å². The van der Waals surface area contributed by atoms with Gasteiger partial charge in [-0.2, -0.15) is 0 Å². The summed E-state index contributed by atoms with van der Waals surface area (Å²) >= 11 is 0. The number of nitrogen functional groups attached to an aromatic ring is 1. The molecule has 4 nitrogen and oxygen atoms in total. The first kappa shape index (κ1) is 25.8. The van der Waals surface area contributed by atoms with Crippen molar-refractivity contribution in [1.82, 2.24) is 5.32 Å². The zero-order valence-electron chi connectivity index (χ0n) is 18.8. The van der Waals surface area contributed by atoms with Crippen LogP contribution in [-0.2, 0) is 11.3 Å². The molecule has 0 aromatic heterocycles. The summed E-state index contributed by atoms with van der Waals surface area (Å²) in [6, 6.07) is 17.0. The molecule has 166 valence electrons. The number of fused-ring (bicyclic) bond motifs is 3. The Morgan fingerprint density at radius 3 is 2.09 bits per heavy atom. The number of alkyl carbamates (subject to hydrolysis) is 1. The molecule has 0 aliphatic heterocycles. The first-order valence-corrected chi connectivity index (χ1v) is 10.4. The average Bonchev–Trinajstić information content (AvgIpc) is 3.08. The number of carbonyl (C=O) groups is 1. The molecule has 3 aromatic rings. The summed E-state index contributed by atoms with van der Waals surface area (Å²) in [6.07, 6.45) is -0.690. The van der Waals surface area contributed by atoms with E-state index < -0.39 is 18.5 Å². The molecule has 0 saturated carbocycles. The average molecular weight is 478 g/mol. The summed E-state index contributed by atoms with van der Waals surface area (Å²) in [5, 5.41) is 2.56. The number of amides is 1. The Labute approximate surface area is 233 Å². The number of rotatable bonds is 5. The van der Waals surface area contributed by atoms with E-state index in [-0.39, 0.29) is 81.7 Å². The number of ether oxygens (including phenoxy) is 1. The van der Waals surface area contributed by atoms with Gasteiger partial charge >= 0.3 is 64.5 Å². The third kappa shape index (κ3) is 5.17. The fourth-order valence-corrected chi connectivity index (χ4v) is 4.35. The molecule has 0 heterocycles. The van der Waals surface area contributed by atoms with Crippen molar-refractivity contribution in [1.29, 1.82) is 0 Å². The van der Waals surface area contributed by atoms with Gasteiger partial charge in [0.25, 0.3) is 0 Å². The van der Waals surface area contributed by atoms with Gasteiger partial charge in [-0.25, -0.2) is 4.79 Å². The van der Waals surface area contributed by atoms with Gasteiger partial charge in [-0.05, 0) is 47.2 Å². The monoisotopic (exact) mass is 478 g/mol. The van der Waals surface area contributed by atoms with E-state index in [9.17, 15) is 17.7 Å². The molecule has 0 fully saturated rings. The van der Waals surface area contributed by atoms with Crippen molar-refractivity contribution in [3.8, 4) is 11.1 Å². The van der Waals surface area contributed by atoms with Crippen LogP contribution in [0.1, 0.15) is 33.7 Å². The van der Waals surface area contributed by atoms with Crippen molar-refractivity contribution < 1.29 is 73.9 Å². The fraction of sp³-hybridized carbons (Fsp3) is 0.208. The van der Waals surface area contributed by atoms with Crippen molar-refractivity contribution in [2.75, 3.05) is 12.3 Å². The van der Waals surface area contributed by atoms with Gasteiger partial charge in [-0.15, -0.1) is 5.46 Å². The molecule has 0 saturated heterocycles. The van der Waals surface area contributed by atoms with Gasteiger partial charge in [0.1, 0.15) is 6.61 Å². The molecule has 9 heteroatoms. The maximum absolute atomic E-state index is 13.4. The van der Waals surface area contributed by atoms with Crippen LogP contribution in [0.2, 0.25) is 0 Å². The fourth-order valence-electron chi connectivity index (χ4n) is 4.35. The van der Waals surface area contributed by atoms with Crippen LogP contribution >= 0.6 is 0 Å². The van der Waals surface area contributed by atoms with Crippen molar-refractivity contribution >= 4 is 24.2 Å². The summed E-state index contributed by atoms with van der Waals surface area (Å²) in [7, 11) is 0. The van der Waals surface area contributed by atoms with E-state index in [0.29, 0.717) is 11.1 Å². The first-order valence-electron chi connectivity index (χ1n) is 10.4. The van der Waals surface area contributed by atoms with Crippen LogP contribution in [0, 0.1) is 13.8 Å². The Balaban J connectivity index is 0.00000306. The van der Waals surface area contributed by atoms with Crippen molar-refractivity contribution in [2.24, 2.45) is 0 Å². The van der Waals surface area contributed by atoms with Crippen LogP contribution in [0.4, 0.5) is 23.4 Å². The van der Waals surface area contributed by atoms with Crippen molar-refractivity contribution in [2.45, 2.75) is 26.3 Å². The normalized spacial score (nSPS) is 12.5. The molecule has 4 rings (SSSR count). The molecule has 1 aliphatic carbocycles. The standard InChI is InChI=1S/C24H23BF3N2O2.K/c1-14-16(11-22(25(26,27)28)15(2)23(14)29)12-30-24(31)32-13-21-19-9-5-3-7-17(19)18-8-4-6-10-20(18)21;/h3-11,21H,12-13,29H2,1-2H3,(H,30,31);/q-1;+1. The number of benzene rings is 3.